The Morgan fingerprint density at radius 2 is 2.08 bits per heavy atom. The predicted octanol–water partition coefficient (Wildman–Crippen LogP) is 0.801. The Morgan fingerprint density at radius 1 is 1.58 bits per heavy atom. The first-order chi connectivity index (χ1) is 5.57. The van der Waals surface area contributed by atoms with E-state index in [-0.39, 0.29) is 0 Å². The van der Waals surface area contributed by atoms with Crippen LogP contribution in [-0.4, -0.2) is 29.0 Å². The van der Waals surface area contributed by atoms with Crippen molar-refractivity contribution in [3.8, 4) is 0 Å². The first kappa shape index (κ1) is 9.45. The number of halogens is 1. The Hall–Kier alpha value is -0.640. The van der Waals surface area contributed by atoms with Gasteiger partial charge in [-0.15, -0.1) is 0 Å². The Labute approximate surface area is 70.5 Å². The summed E-state index contributed by atoms with van der Waals surface area (Å²) in [6.07, 6.45) is -2.29. The first-order valence-corrected chi connectivity index (χ1v) is 4.12. The lowest BCUT2D eigenvalue weighted by Gasteiger charge is -2.27. The molecule has 1 rings (SSSR count). The molecule has 0 radical (unpaired) electrons. The van der Waals surface area contributed by atoms with E-state index in [2.05, 4.69) is 0 Å². The monoisotopic (exact) mass is 176 g/mol. The van der Waals surface area contributed by atoms with Crippen LogP contribution in [0, 0.1) is 0 Å². The second-order valence-electron chi connectivity index (χ2n) is 3.04. The third-order valence-corrected chi connectivity index (χ3v) is 2.54. The van der Waals surface area contributed by atoms with Crippen molar-refractivity contribution in [2.45, 2.75) is 44.6 Å². The molecule has 1 heterocycles. The molecule has 0 aromatic heterocycles. The minimum absolute atomic E-state index is 0.441. The number of aliphatic hydroxyl groups excluding tert-OH is 1. The van der Waals surface area contributed by atoms with Gasteiger partial charge in [0.1, 0.15) is 11.7 Å². The van der Waals surface area contributed by atoms with Crippen molar-refractivity contribution < 1.29 is 19.0 Å². The highest BCUT2D eigenvalue weighted by molar-refractivity contribution is 5.78. The SMILES string of the molecule is CCC1(CC)OC(=O)[C@H](F)[C@H]1O. The highest BCUT2D eigenvalue weighted by atomic mass is 19.1. The van der Waals surface area contributed by atoms with Gasteiger partial charge in [-0.05, 0) is 12.8 Å². The number of hydrogen-bond donors (Lipinski definition) is 1. The van der Waals surface area contributed by atoms with Crippen LogP contribution in [0.2, 0.25) is 0 Å². The molecule has 1 fully saturated rings. The van der Waals surface area contributed by atoms with Gasteiger partial charge in [0.2, 0.25) is 6.17 Å². The van der Waals surface area contributed by atoms with Crippen LogP contribution in [0.3, 0.4) is 0 Å². The van der Waals surface area contributed by atoms with Gasteiger partial charge < -0.3 is 9.84 Å². The zero-order valence-corrected chi connectivity index (χ0v) is 7.21. The zero-order valence-electron chi connectivity index (χ0n) is 7.21. The molecular weight excluding hydrogens is 163 g/mol. The van der Waals surface area contributed by atoms with Gasteiger partial charge in [-0.3, -0.25) is 0 Å². The van der Waals surface area contributed by atoms with Crippen molar-refractivity contribution in [3.63, 3.8) is 0 Å². The molecule has 3 nitrogen and oxygen atoms in total. The summed E-state index contributed by atoms with van der Waals surface area (Å²) >= 11 is 0. The maximum Gasteiger partial charge on any atom is 0.344 e. The maximum absolute atomic E-state index is 12.9. The zero-order chi connectivity index (χ0) is 9.35. The van der Waals surface area contributed by atoms with Gasteiger partial charge in [0, 0.05) is 0 Å². The largest absolute Gasteiger partial charge is 0.454 e. The summed E-state index contributed by atoms with van der Waals surface area (Å²) in [6.45, 7) is 3.52. The van der Waals surface area contributed by atoms with Gasteiger partial charge in [0.05, 0.1) is 0 Å². The number of cyclic esters (lactones) is 1. The van der Waals surface area contributed by atoms with Crippen LogP contribution < -0.4 is 0 Å². The standard InChI is InChI=1S/C8H13FO3/c1-3-8(4-2)6(10)5(9)7(11)12-8/h5-6,10H,3-4H2,1-2H3/t5-,6-/m1/s1. The quantitative estimate of drug-likeness (QED) is 0.633. The van der Waals surface area contributed by atoms with E-state index in [0.717, 1.165) is 0 Å². The molecular formula is C8H13FO3. The van der Waals surface area contributed by atoms with Gasteiger partial charge in [0.15, 0.2) is 0 Å². The molecule has 0 unspecified atom stereocenters. The highest BCUT2D eigenvalue weighted by Crippen LogP contribution is 2.34. The van der Waals surface area contributed by atoms with E-state index < -0.39 is 23.8 Å². The predicted molar refractivity (Wildman–Crippen MR) is 40.3 cm³/mol. The molecule has 2 atom stereocenters. The average Bonchev–Trinajstić information content (AvgIpc) is 2.30. The number of rotatable bonds is 2. The van der Waals surface area contributed by atoms with E-state index in [1.54, 1.807) is 13.8 Å². The minimum Gasteiger partial charge on any atom is -0.454 e. The highest BCUT2D eigenvalue weighted by Gasteiger charge is 2.53. The molecule has 0 amide bonds. The van der Waals surface area contributed by atoms with E-state index in [1.165, 1.54) is 0 Å². The second-order valence-corrected chi connectivity index (χ2v) is 3.04. The number of aliphatic hydroxyl groups is 1. The average molecular weight is 176 g/mol. The molecule has 4 heteroatoms. The number of carbonyl (C=O) groups excluding carboxylic acids is 1. The second kappa shape index (κ2) is 3.01. The van der Waals surface area contributed by atoms with Crippen molar-refractivity contribution in [1.82, 2.24) is 0 Å². The van der Waals surface area contributed by atoms with Gasteiger partial charge in [-0.2, -0.15) is 0 Å². The Kier molecular flexibility index (Phi) is 2.37. The Bertz CT molecular complexity index is 189. The van der Waals surface area contributed by atoms with E-state index in [4.69, 9.17) is 4.74 Å². The summed E-state index contributed by atoms with van der Waals surface area (Å²) in [5.41, 5.74) is -0.990. The fourth-order valence-electron chi connectivity index (χ4n) is 1.53. The van der Waals surface area contributed by atoms with Gasteiger partial charge in [-0.25, -0.2) is 9.18 Å². The lowest BCUT2D eigenvalue weighted by atomic mass is 9.90. The lowest BCUT2D eigenvalue weighted by molar-refractivity contribution is -0.153. The number of alkyl halides is 1. The summed E-state index contributed by atoms with van der Waals surface area (Å²) < 4.78 is 17.7. The topological polar surface area (TPSA) is 46.5 Å². The van der Waals surface area contributed by atoms with E-state index in [9.17, 15) is 14.3 Å². The molecule has 0 aliphatic carbocycles. The molecule has 0 bridgehead atoms. The number of hydrogen-bond acceptors (Lipinski definition) is 3. The summed E-state index contributed by atoms with van der Waals surface area (Å²) in [5.74, 6) is -0.939. The molecule has 0 spiro atoms. The summed E-state index contributed by atoms with van der Waals surface area (Å²) in [4.78, 5) is 10.8. The van der Waals surface area contributed by atoms with Gasteiger partial charge >= 0.3 is 5.97 Å². The Balaban J connectivity index is 2.86. The molecule has 1 saturated heterocycles. The third kappa shape index (κ3) is 1.10. The van der Waals surface area contributed by atoms with Crippen molar-refractivity contribution in [2.24, 2.45) is 0 Å². The van der Waals surface area contributed by atoms with Gasteiger partial charge in [-0.1, -0.05) is 13.8 Å². The number of carbonyl (C=O) groups is 1. The number of esters is 1. The summed E-state index contributed by atoms with van der Waals surface area (Å²) in [7, 11) is 0. The molecule has 1 aliphatic heterocycles. The third-order valence-electron chi connectivity index (χ3n) is 2.54. The maximum atomic E-state index is 12.9. The molecule has 70 valence electrons. The molecule has 12 heavy (non-hydrogen) atoms. The van der Waals surface area contributed by atoms with Crippen LogP contribution >= 0.6 is 0 Å². The van der Waals surface area contributed by atoms with E-state index >= 15 is 0 Å². The van der Waals surface area contributed by atoms with Crippen molar-refractivity contribution in [3.05, 3.63) is 0 Å². The minimum atomic E-state index is -1.87. The van der Waals surface area contributed by atoms with Crippen molar-refractivity contribution in [2.75, 3.05) is 0 Å². The fraction of sp³-hybridized carbons (Fsp3) is 0.875. The van der Waals surface area contributed by atoms with Crippen LogP contribution in [0.5, 0.6) is 0 Å². The molecule has 0 aromatic carbocycles. The van der Waals surface area contributed by atoms with Crippen LogP contribution in [-0.2, 0) is 9.53 Å². The molecule has 0 aromatic rings. The van der Waals surface area contributed by atoms with Crippen LogP contribution in [0.1, 0.15) is 26.7 Å². The Morgan fingerprint density at radius 3 is 2.25 bits per heavy atom. The normalized spacial score (nSPS) is 33.5. The van der Waals surface area contributed by atoms with E-state index in [1.807, 2.05) is 0 Å². The van der Waals surface area contributed by atoms with Crippen molar-refractivity contribution in [1.29, 1.82) is 0 Å². The van der Waals surface area contributed by atoms with Crippen LogP contribution in [0.4, 0.5) is 4.39 Å². The molecule has 1 aliphatic rings. The first-order valence-electron chi connectivity index (χ1n) is 4.12. The van der Waals surface area contributed by atoms with Crippen LogP contribution in [0.25, 0.3) is 0 Å². The number of ether oxygens (including phenoxy) is 1. The summed E-state index contributed by atoms with van der Waals surface area (Å²) in [5, 5.41) is 9.36. The fourth-order valence-corrected chi connectivity index (χ4v) is 1.53. The lowest BCUT2D eigenvalue weighted by Crippen LogP contribution is -2.40. The molecule has 0 saturated carbocycles. The van der Waals surface area contributed by atoms with E-state index in [0.29, 0.717) is 12.8 Å². The van der Waals surface area contributed by atoms with Crippen molar-refractivity contribution >= 4 is 5.97 Å². The molecule has 1 N–H and O–H groups in total. The van der Waals surface area contributed by atoms with Gasteiger partial charge in [0.25, 0.3) is 0 Å². The van der Waals surface area contributed by atoms with Crippen LogP contribution in [0.15, 0.2) is 0 Å². The summed E-state index contributed by atoms with van der Waals surface area (Å²) in [6, 6.07) is 0. The smallest absolute Gasteiger partial charge is 0.344 e.